The van der Waals surface area contributed by atoms with E-state index < -0.39 is 12.0 Å². The van der Waals surface area contributed by atoms with E-state index in [9.17, 15) is 14.4 Å². The lowest BCUT2D eigenvalue weighted by Gasteiger charge is -2.16. The van der Waals surface area contributed by atoms with Crippen LogP contribution in [0.15, 0.2) is 24.3 Å². The van der Waals surface area contributed by atoms with E-state index in [0.717, 1.165) is 11.3 Å². The van der Waals surface area contributed by atoms with Crippen molar-refractivity contribution in [3.63, 3.8) is 0 Å². The molecule has 0 bridgehead atoms. The Labute approximate surface area is 140 Å². The number of amides is 2. The second-order valence-corrected chi connectivity index (χ2v) is 5.92. The fourth-order valence-electron chi connectivity index (χ4n) is 1.87. The Morgan fingerprint density at radius 1 is 1.22 bits per heavy atom. The zero-order chi connectivity index (χ0) is 17.2. The lowest BCUT2D eigenvalue weighted by Crippen LogP contribution is -2.41. The Kier molecular flexibility index (Phi) is 8.18. The number of nitrogens with one attached hydrogen (secondary N) is 2. The van der Waals surface area contributed by atoms with Crippen LogP contribution in [0, 0.1) is 0 Å². The van der Waals surface area contributed by atoms with Crippen LogP contribution in [-0.4, -0.2) is 42.9 Å². The summed E-state index contributed by atoms with van der Waals surface area (Å²) >= 11 is 1.60. The number of thioether (sulfide) groups is 1. The van der Waals surface area contributed by atoms with Crippen molar-refractivity contribution in [2.45, 2.75) is 25.9 Å². The molecule has 0 heterocycles. The van der Waals surface area contributed by atoms with Gasteiger partial charge in [0.25, 0.3) is 5.91 Å². The van der Waals surface area contributed by atoms with Crippen molar-refractivity contribution in [1.29, 1.82) is 0 Å². The van der Waals surface area contributed by atoms with Gasteiger partial charge in [-0.3, -0.25) is 9.59 Å². The molecule has 2 N–H and O–H groups in total. The van der Waals surface area contributed by atoms with Crippen molar-refractivity contribution in [2.75, 3.05) is 19.1 Å². The first-order valence-electron chi connectivity index (χ1n) is 7.19. The number of hydrogen-bond donors (Lipinski definition) is 2. The highest BCUT2D eigenvalue weighted by Crippen LogP contribution is 2.07. The number of benzene rings is 1. The molecule has 0 saturated carbocycles. The van der Waals surface area contributed by atoms with E-state index in [2.05, 4.69) is 10.6 Å². The first-order chi connectivity index (χ1) is 11.0. The standard InChI is InChI=1S/C16H22N2O4S/c1-11(19)17-10-12-4-6-13(7-5-12)15(20)18-14(8-9-23-3)16(21)22-2/h4-7,14H,8-10H2,1-3H3,(H,17,19)(H,18,20)/t14-/m1/s1. The first kappa shape index (κ1) is 19.0. The maximum absolute atomic E-state index is 12.2. The predicted molar refractivity (Wildman–Crippen MR) is 90.2 cm³/mol. The molecule has 7 heteroatoms. The van der Waals surface area contributed by atoms with Crippen LogP contribution in [0.3, 0.4) is 0 Å². The van der Waals surface area contributed by atoms with Crippen LogP contribution in [-0.2, 0) is 20.9 Å². The molecule has 23 heavy (non-hydrogen) atoms. The summed E-state index contributed by atoms with van der Waals surface area (Å²) in [5.74, 6) is -0.140. The first-order valence-corrected chi connectivity index (χ1v) is 8.58. The number of carbonyl (C=O) groups is 3. The lowest BCUT2D eigenvalue weighted by molar-refractivity contribution is -0.142. The molecule has 126 valence electrons. The normalized spacial score (nSPS) is 11.4. The minimum Gasteiger partial charge on any atom is -0.467 e. The van der Waals surface area contributed by atoms with Gasteiger partial charge in [0.15, 0.2) is 0 Å². The van der Waals surface area contributed by atoms with E-state index in [0.29, 0.717) is 18.5 Å². The van der Waals surface area contributed by atoms with Gasteiger partial charge in [0, 0.05) is 19.0 Å². The van der Waals surface area contributed by atoms with E-state index in [-0.39, 0.29) is 11.8 Å². The lowest BCUT2D eigenvalue weighted by atomic mass is 10.1. The average Bonchev–Trinajstić information content (AvgIpc) is 2.56. The zero-order valence-electron chi connectivity index (χ0n) is 13.5. The van der Waals surface area contributed by atoms with Crippen molar-refractivity contribution >= 4 is 29.5 Å². The SMILES string of the molecule is COC(=O)[C@@H](CCSC)NC(=O)c1ccc(CNC(C)=O)cc1. The van der Waals surface area contributed by atoms with E-state index in [1.807, 2.05) is 6.26 Å². The van der Waals surface area contributed by atoms with Crippen LogP contribution in [0.25, 0.3) is 0 Å². The topological polar surface area (TPSA) is 84.5 Å². The Bertz CT molecular complexity index is 546. The predicted octanol–water partition coefficient (Wildman–Crippen LogP) is 1.35. The van der Waals surface area contributed by atoms with Gasteiger partial charge in [-0.2, -0.15) is 11.8 Å². The summed E-state index contributed by atoms with van der Waals surface area (Å²) in [6.07, 6.45) is 2.45. The van der Waals surface area contributed by atoms with E-state index in [1.54, 1.807) is 36.0 Å². The highest BCUT2D eigenvalue weighted by molar-refractivity contribution is 7.98. The smallest absolute Gasteiger partial charge is 0.328 e. The maximum Gasteiger partial charge on any atom is 0.328 e. The molecular weight excluding hydrogens is 316 g/mol. The third-order valence-electron chi connectivity index (χ3n) is 3.16. The van der Waals surface area contributed by atoms with Gasteiger partial charge in [-0.25, -0.2) is 4.79 Å². The molecule has 0 unspecified atom stereocenters. The summed E-state index contributed by atoms with van der Waals surface area (Å²) in [6.45, 7) is 1.86. The molecule has 6 nitrogen and oxygen atoms in total. The van der Waals surface area contributed by atoms with Crippen LogP contribution in [0.1, 0.15) is 29.3 Å². The van der Waals surface area contributed by atoms with Crippen LogP contribution >= 0.6 is 11.8 Å². The summed E-state index contributed by atoms with van der Waals surface area (Å²) in [7, 11) is 1.30. The van der Waals surface area contributed by atoms with Crippen molar-refractivity contribution in [3.8, 4) is 0 Å². The fourth-order valence-corrected chi connectivity index (χ4v) is 2.34. The van der Waals surface area contributed by atoms with Gasteiger partial charge < -0.3 is 15.4 Å². The fraction of sp³-hybridized carbons (Fsp3) is 0.438. The maximum atomic E-state index is 12.2. The average molecular weight is 338 g/mol. The van der Waals surface area contributed by atoms with Gasteiger partial charge in [-0.1, -0.05) is 12.1 Å². The third-order valence-corrected chi connectivity index (χ3v) is 3.80. The van der Waals surface area contributed by atoms with Gasteiger partial charge in [0.05, 0.1) is 7.11 Å². The van der Waals surface area contributed by atoms with Crippen molar-refractivity contribution in [3.05, 3.63) is 35.4 Å². The van der Waals surface area contributed by atoms with Gasteiger partial charge in [-0.05, 0) is 36.1 Å². The van der Waals surface area contributed by atoms with Crippen LogP contribution in [0.4, 0.5) is 0 Å². The molecular formula is C16H22N2O4S. The molecule has 0 aromatic heterocycles. The van der Waals surface area contributed by atoms with Crippen molar-refractivity contribution < 1.29 is 19.1 Å². The number of ether oxygens (including phenoxy) is 1. The van der Waals surface area contributed by atoms with Crippen molar-refractivity contribution in [1.82, 2.24) is 10.6 Å². The van der Waals surface area contributed by atoms with Gasteiger partial charge in [0.1, 0.15) is 6.04 Å². The zero-order valence-corrected chi connectivity index (χ0v) is 14.4. The van der Waals surface area contributed by atoms with Crippen LogP contribution < -0.4 is 10.6 Å². The van der Waals surface area contributed by atoms with E-state index >= 15 is 0 Å². The summed E-state index contributed by atoms with van der Waals surface area (Å²) in [5, 5.41) is 5.38. The number of esters is 1. The number of methoxy groups -OCH3 is 1. The highest BCUT2D eigenvalue weighted by Gasteiger charge is 2.21. The second kappa shape index (κ2) is 9.89. The monoisotopic (exact) mass is 338 g/mol. The Morgan fingerprint density at radius 3 is 2.39 bits per heavy atom. The summed E-state index contributed by atoms with van der Waals surface area (Å²) in [5.41, 5.74) is 1.35. The number of carbonyl (C=O) groups excluding carboxylic acids is 3. The van der Waals surface area contributed by atoms with Gasteiger partial charge in [0.2, 0.25) is 5.91 Å². The Hall–Kier alpha value is -2.02. The van der Waals surface area contributed by atoms with Crippen molar-refractivity contribution in [2.24, 2.45) is 0 Å². The molecule has 1 rings (SSSR count). The molecule has 0 radical (unpaired) electrons. The highest BCUT2D eigenvalue weighted by atomic mass is 32.2. The van der Waals surface area contributed by atoms with E-state index in [4.69, 9.17) is 4.74 Å². The molecule has 0 aliphatic heterocycles. The Balaban J connectivity index is 2.67. The molecule has 0 saturated heterocycles. The quantitative estimate of drug-likeness (QED) is 0.699. The van der Waals surface area contributed by atoms with Crippen LogP contribution in [0.2, 0.25) is 0 Å². The Morgan fingerprint density at radius 2 is 1.87 bits per heavy atom. The molecule has 0 fully saturated rings. The molecule has 1 aromatic carbocycles. The second-order valence-electron chi connectivity index (χ2n) is 4.94. The summed E-state index contributed by atoms with van der Waals surface area (Å²) in [4.78, 5) is 34.8. The van der Waals surface area contributed by atoms with E-state index in [1.165, 1.54) is 14.0 Å². The summed E-state index contributed by atoms with van der Waals surface area (Å²) in [6, 6.07) is 6.20. The molecule has 2 amide bonds. The van der Waals surface area contributed by atoms with Gasteiger partial charge in [-0.15, -0.1) is 0 Å². The van der Waals surface area contributed by atoms with Gasteiger partial charge >= 0.3 is 5.97 Å². The minimum atomic E-state index is -0.654. The third kappa shape index (κ3) is 6.73. The molecule has 0 spiro atoms. The molecule has 0 aliphatic carbocycles. The molecule has 1 atom stereocenters. The van der Waals surface area contributed by atoms with Crippen LogP contribution in [0.5, 0.6) is 0 Å². The molecule has 0 aliphatic rings. The number of hydrogen-bond acceptors (Lipinski definition) is 5. The molecule has 1 aromatic rings. The number of rotatable bonds is 8. The minimum absolute atomic E-state index is 0.110. The largest absolute Gasteiger partial charge is 0.467 e. The summed E-state index contributed by atoms with van der Waals surface area (Å²) < 4.78 is 4.72.